The molecule has 4 rings (SSSR count). The normalized spacial score (nSPS) is 47.5. The third-order valence-electron chi connectivity index (χ3n) is 8.34. The van der Waals surface area contributed by atoms with Crippen molar-refractivity contribution in [2.24, 2.45) is 28.6 Å². The Hall–Kier alpha value is -0.720. The number of aryl methyl sites for hydroxylation is 1. The van der Waals surface area contributed by atoms with Crippen LogP contribution in [0.2, 0.25) is 0 Å². The van der Waals surface area contributed by atoms with Gasteiger partial charge in [-0.1, -0.05) is 27.2 Å². The summed E-state index contributed by atoms with van der Waals surface area (Å²) in [4.78, 5) is 0. The van der Waals surface area contributed by atoms with E-state index >= 15 is 0 Å². The Bertz CT molecular complexity index is 558. The van der Waals surface area contributed by atoms with Gasteiger partial charge < -0.3 is 4.42 Å². The van der Waals surface area contributed by atoms with Gasteiger partial charge in [-0.15, -0.1) is 0 Å². The van der Waals surface area contributed by atoms with Crippen LogP contribution in [0.5, 0.6) is 0 Å². The van der Waals surface area contributed by atoms with E-state index in [1.807, 2.05) is 6.26 Å². The van der Waals surface area contributed by atoms with Crippen LogP contribution in [0.1, 0.15) is 83.0 Å². The third-order valence-corrected chi connectivity index (χ3v) is 8.34. The van der Waals surface area contributed by atoms with Crippen LogP contribution in [0.4, 0.5) is 0 Å². The Morgan fingerprint density at radius 3 is 2.77 bits per heavy atom. The van der Waals surface area contributed by atoms with Crippen LogP contribution in [0.15, 0.2) is 16.7 Å². The highest BCUT2D eigenvalue weighted by atomic mass is 16.3. The molecule has 3 aliphatic carbocycles. The molecule has 1 nitrogen and oxygen atoms in total. The molecule has 1 spiro atoms. The van der Waals surface area contributed by atoms with Crippen LogP contribution >= 0.6 is 0 Å². The highest BCUT2D eigenvalue weighted by Crippen LogP contribution is 2.69. The number of furan rings is 1. The average molecular weight is 300 g/mol. The van der Waals surface area contributed by atoms with Crippen LogP contribution in [-0.4, -0.2) is 0 Å². The monoisotopic (exact) mass is 300 g/mol. The molecule has 3 saturated carbocycles. The maximum absolute atomic E-state index is 5.61. The van der Waals surface area contributed by atoms with Crippen molar-refractivity contribution in [2.45, 2.75) is 78.6 Å². The minimum absolute atomic E-state index is 0.632. The molecule has 2 bridgehead atoms. The second-order valence-electron chi connectivity index (χ2n) is 9.07. The molecule has 3 fully saturated rings. The van der Waals surface area contributed by atoms with Crippen molar-refractivity contribution in [3.05, 3.63) is 23.7 Å². The van der Waals surface area contributed by atoms with Crippen LogP contribution in [0.25, 0.3) is 0 Å². The second kappa shape index (κ2) is 4.89. The fourth-order valence-corrected chi connectivity index (χ4v) is 6.99. The van der Waals surface area contributed by atoms with Gasteiger partial charge in [0.05, 0.1) is 6.26 Å². The van der Waals surface area contributed by atoms with Gasteiger partial charge in [0.25, 0.3) is 0 Å². The fraction of sp³-hybridized carbons (Fsp3) is 0.810. The smallest absolute Gasteiger partial charge is 0.104 e. The van der Waals surface area contributed by atoms with E-state index < -0.39 is 0 Å². The van der Waals surface area contributed by atoms with Crippen molar-refractivity contribution in [3.63, 3.8) is 0 Å². The van der Waals surface area contributed by atoms with E-state index in [0.29, 0.717) is 10.8 Å². The van der Waals surface area contributed by atoms with Gasteiger partial charge in [-0.3, -0.25) is 0 Å². The minimum atomic E-state index is 0.632. The largest absolute Gasteiger partial charge is 0.469 e. The zero-order chi connectivity index (χ0) is 15.5. The Kier molecular flexibility index (Phi) is 3.30. The number of rotatable bonds is 2. The molecule has 1 heteroatoms. The summed E-state index contributed by atoms with van der Waals surface area (Å²) in [5, 5.41) is 0. The molecule has 0 saturated heterocycles. The van der Waals surface area contributed by atoms with Crippen LogP contribution < -0.4 is 0 Å². The molecule has 0 N–H and O–H groups in total. The predicted molar refractivity (Wildman–Crippen MR) is 90.9 cm³/mol. The van der Waals surface area contributed by atoms with E-state index in [-0.39, 0.29) is 0 Å². The summed E-state index contributed by atoms with van der Waals surface area (Å²) in [6, 6.07) is 2.24. The molecule has 0 radical (unpaired) electrons. The van der Waals surface area contributed by atoms with Gasteiger partial charge in [0.1, 0.15) is 5.76 Å². The lowest BCUT2D eigenvalue weighted by atomic mass is 9.53. The zero-order valence-electron chi connectivity index (χ0n) is 14.8. The SMILES string of the molecule is CCC1(C)CC23CCC(c4ccoc4C)C(C)C2CCC1C3. The van der Waals surface area contributed by atoms with E-state index in [1.165, 1.54) is 50.5 Å². The number of hydrogen-bond acceptors (Lipinski definition) is 1. The van der Waals surface area contributed by atoms with Crippen molar-refractivity contribution in [3.8, 4) is 0 Å². The maximum Gasteiger partial charge on any atom is 0.104 e. The molecular formula is C21H32O. The molecule has 22 heavy (non-hydrogen) atoms. The molecule has 1 aromatic rings. The fourth-order valence-electron chi connectivity index (χ4n) is 6.99. The van der Waals surface area contributed by atoms with E-state index in [4.69, 9.17) is 4.42 Å². The summed E-state index contributed by atoms with van der Waals surface area (Å²) in [6.45, 7) is 9.71. The molecule has 122 valence electrons. The molecule has 6 unspecified atom stereocenters. The number of fused-ring (bicyclic) bond motifs is 1. The standard InChI is InChI=1S/C21H32O/c1-5-20(4)13-21-10-8-17(18-9-11-22-15(18)3)14(2)19(21)7-6-16(20)12-21/h9,11,14,16-17,19H,5-8,10,12-13H2,1-4H3. The highest BCUT2D eigenvalue weighted by Gasteiger charge is 2.60. The molecule has 0 aliphatic heterocycles. The summed E-state index contributed by atoms with van der Waals surface area (Å²) in [6.07, 6.45) is 12.1. The van der Waals surface area contributed by atoms with Crippen molar-refractivity contribution in [1.29, 1.82) is 0 Å². The topological polar surface area (TPSA) is 13.1 Å². The summed E-state index contributed by atoms with van der Waals surface area (Å²) in [7, 11) is 0. The summed E-state index contributed by atoms with van der Waals surface area (Å²) in [5.41, 5.74) is 2.81. The third kappa shape index (κ3) is 1.90. The molecule has 1 heterocycles. The molecule has 0 aromatic carbocycles. The van der Waals surface area contributed by atoms with Crippen molar-refractivity contribution in [1.82, 2.24) is 0 Å². The van der Waals surface area contributed by atoms with Crippen molar-refractivity contribution in [2.75, 3.05) is 0 Å². The van der Waals surface area contributed by atoms with Gasteiger partial charge in [-0.2, -0.15) is 0 Å². The van der Waals surface area contributed by atoms with E-state index in [0.717, 1.165) is 29.4 Å². The lowest BCUT2D eigenvalue weighted by Gasteiger charge is -2.51. The lowest BCUT2D eigenvalue weighted by Crippen LogP contribution is -2.42. The van der Waals surface area contributed by atoms with Gasteiger partial charge in [-0.05, 0) is 91.6 Å². The summed E-state index contributed by atoms with van der Waals surface area (Å²) >= 11 is 0. The van der Waals surface area contributed by atoms with Crippen LogP contribution in [0, 0.1) is 35.5 Å². The second-order valence-corrected chi connectivity index (χ2v) is 9.07. The van der Waals surface area contributed by atoms with E-state index in [2.05, 4.69) is 33.8 Å². The van der Waals surface area contributed by atoms with Gasteiger partial charge >= 0.3 is 0 Å². The molecular weight excluding hydrogens is 268 g/mol. The quantitative estimate of drug-likeness (QED) is 0.622. The number of hydrogen-bond donors (Lipinski definition) is 0. The highest BCUT2D eigenvalue weighted by molar-refractivity contribution is 5.24. The zero-order valence-corrected chi connectivity index (χ0v) is 14.8. The molecule has 0 amide bonds. The first-order chi connectivity index (χ1) is 10.5. The van der Waals surface area contributed by atoms with Crippen molar-refractivity contribution < 1.29 is 4.42 Å². The first-order valence-electron chi connectivity index (χ1n) is 9.53. The molecule has 6 atom stereocenters. The molecule has 3 aliphatic rings. The lowest BCUT2D eigenvalue weighted by molar-refractivity contribution is 0.00736. The Morgan fingerprint density at radius 1 is 1.27 bits per heavy atom. The van der Waals surface area contributed by atoms with Gasteiger partial charge in [0, 0.05) is 0 Å². The Morgan fingerprint density at radius 2 is 2.09 bits per heavy atom. The van der Waals surface area contributed by atoms with Crippen LogP contribution in [0.3, 0.4) is 0 Å². The summed E-state index contributed by atoms with van der Waals surface area (Å²) < 4.78 is 5.61. The first-order valence-corrected chi connectivity index (χ1v) is 9.53. The van der Waals surface area contributed by atoms with Gasteiger partial charge in [-0.25, -0.2) is 0 Å². The Labute approximate surface area is 135 Å². The van der Waals surface area contributed by atoms with Crippen LogP contribution in [-0.2, 0) is 0 Å². The Balaban J connectivity index is 1.64. The minimum Gasteiger partial charge on any atom is -0.469 e. The molecule has 1 aromatic heterocycles. The first kappa shape index (κ1) is 14.8. The van der Waals surface area contributed by atoms with Crippen molar-refractivity contribution >= 4 is 0 Å². The van der Waals surface area contributed by atoms with Gasteiger partial charge in [0.15, 0.2) is 0 Å². The van der Waals surface area contributed by atoms with E-state index in [9.17, 15) is 0 Å². The average Bonchev–Trinajstić information content (AvgIpc) is 3.01. The maximum atomic E-state index is 5.61. The van der Waals surface area contributed by atoms with E-state index in [1.54, 1.807) is 0 Å². The summed E-state index contributed by atoms with van der Waals surface area (Å²) in [5.74, 6) is 4.68. The predicted octanol–water partition coefficient (Wildman–Crippen LogP) is 6.32. The van der Waals surface area contributed by atoms with Gasteiger partial charge in [0.2, 0.25) is 0 Å².